The molecular weight excluding hydrogens is 368 g/mol. The van der Waals surface area contributed by atoms with Crippen LogP contribution < -0.4 is 0 Å². The van der Waals surface area contributed by atoms with Gasteiger partial charge in [0.25, 0.3) is 0 Å². The van der Waals surface area contributed by atoms with Crippen LogP contribution in [0.15, 0.2) is 0 Å². The molecule has 0 saturated carbocycles. The zero-order valence-electron chi connectivity index (χ0n) is 12.8. The molecule has 8 N–H and O–H groups in total. The number of aliphatic hydroxyl groups is 4. The number of carbonyl (C=O) groups is 5. The quantitative estimate of drug-likeness (QED) is 0.157. The molecule has 26 heavy (non-hydrogen) atoms. The van der Waals surface area contributed by atoms with Crippen LogP contribution in [-0.2, 0) is 28.7 Å². The van der Waals surface area contributed by atoms with Crippen LogP contribution in [-0.4, -0.2) is 101 Å². The number of aliphatic hydroxyl groups excluding tert-OH is 3. The van der Waals surface area contributed by atoms with Crippen molar-refractivity contribution in [3.8, 4) is 0 Å². The summed E-state index contributed by atoms with van der Waals surface area (Å²) in [4.78, 5) is 54.5. The third-order valence-electron chi connectivity index (χ3n) is 3.02. The van der Waals surface area contributed by atoms with Gasteiger partial charge in [-0.05, 0) is 0 Å². The van der Waals surface area contributed by atoms with Crippen LogP contribution in [0, 0.1) is 0 Å². The van der Waals surface area contributed by atoms with Crippen molar-refractivity contribution >= 4 is 29.8 Å². The molecule has 0 heterocycles. The lowest BCUT2D eigenvalue weighted by Gasteiger charge is -2.26. The van der Waals surface area contributed by atoms with E-state index < -0.39 is 72.7 Å². The summed E-state index contributed by atoms with van der Waals surface area (Å²) in [7, 11) is 0. The first-order chi connectivity index (χ1) is 11.7. The summed E-state index contributed by atoms with van der Waals surface area (Å²) in [6, 6.07) is 0. The molecule has 1 unspecified atom stereocenters. The van der Waals surface area contributed by atoms with E-state index in [1.54, 1.807) is 0 Å². The van der Waals surface area contributed by atoms with Crippen LogP contribution in [0.25, 0.3) is 0 Å². The van der Waals surface area contributed by atoms with Gasteiger partial charge >= 0.3 is 29.8 Å². The van der Waals surface area contributed by atoms with Crippen LogP contribution in [0.2, 0.25) is 0 Å². The van der Waals surface area contributed by atoms with Crippen molar-refractivity contribution in [2.24, 2.45) is 0 Å². The highest BCUT2D eigenvalue weighted by Crippen LogP contribution is 2.19. The third-order valence-corrected chi connectivity index (χ3v) is 3.02. The number of carbonyl (C=O) groups excluding carboxylic acids is 1. The molecule has 0 rings (SSSR count). The van der Waals surface area contributed by atoms with Crippen molar-refractivity contribution in [2.45, 2.75) is 42.9 Å². The fraction of sp³-hybridized carbons (Fsp3) is 0.583. The van der Waals surface area contributed by atoms with E-state index in [0.717, 1.165) is 0 Å². The summed E-state index contributed by atoms with van der Waals surface area (Å²) in [5.41, 5.74) is -3.16. The molecule has 0 radical (unpaired) electrons. The van der Waals surface area contributed by atoms with Gasteiger partial charge < -0.3 is 45.6 Å². The topological polar surface area (TPSA) is 256 Å². The maximum atomic E-state index is 11.6. The maximum Gasteiger partial charge on any atom is 0.347 e. The summed E-state index contributed by atoms with van der Waals surface area (Å²) in [5, 5.41) is 72.3. The smallest absolute Gasteiger partial charge is 0.347 e. The van der Waals surface area contributed by atoms with Crippen molar-refractivity contribution < 1.29 is 69.6 Å². The van der Waals surface area contributed by atoms with Gasteiger partial charge in [-0.3, -0.25) is 9.59 Å². The average molecular weight is 384 g/mol. The Kier molecular flexibility index (Phi) is 8.07. The number of rotatable bonds is 11. The fourth-order valence-corrected chi connectivity index (χ4v) is 1.66. The van der Waals surface area contributed by atoms with Crippen LogP contribution in [0.5, 0.6) is 0 Å². The van der Waals surface area contributed by atoms with Gasteiger partial charge in [0.2, 0.25) is 6.10 Å². The van der Waals surface area contributed by atoms with E-state index in [1.807, 2.05) is 0 Å². The Bertz CT molecular complexity index is 584. The molecule has 14 nitrogen and oxygen atoms in total. The molecule has 0 aromatic heterocycles. The Morgan fingerprint density at radius 1 is 0.808 bits per heavy atom. The second kappa shape index (κ2) is 9.04. The summed E-state index contributed by atoms with van der Waals surface area (Å²) in [5.74, 6) is -9.88. The van der Waals surface area contributed by atoms with Gasteiger partial charge in [0.15, 0.2) is 11.7 Å². The molecule has 5 atom stereocenters. The first-order valence-corrected chi connectivity index (χ1v) is 6.59. The van der Waals surface area contributed by atoms with E-state index >= 15 is 0 Å². The second-order valence-corrected chi connectivity index (χ2v) is 5.10. The number of hydrogen-bond acceptors (Lipinski definition) is 10. The van der Waals surface area contributed by atoms with E-state index in [2.05, 4.69) is 4.74 Å². The Hall–Kier alpha value is -2.81. The molecule has 0 aliphatic rings. The monoisotopic (exact) mass is 384 g/mol. The molecule has 0 aliphatic carbocycles. The summed E-state index contributed by atoms with van der Waals surface area (Å²) < 4.78 is 4.18. The normalized spacial score (nSPS) is 17.8. The Balaban J connectivity index is 5.30. The highest BCUT2D eigenvalue weighted by molar-refractivity contribution is 5.89. The molecule has 0 aromatic carbocycles. The predicted molar refractivity (Wildman–Crippen MR) is 72.6 cm³/mol. The average Bonchev–Trinajstić information content (AvgIpc) is 2.48. The minimum Gasteiger partial charge on any atom is -0.481 e. The predicted octanol–water partition coefficient (Wildman–Crippen LogP) is -4.17. The minimum atomic E-state index is -3.16. The number of carboxylic acid groups (broad SMARTS) is 4. The van der Waals surface area contributed by atoms with E-state index in [9.17, 15) is 39.3 Å². The zero-order chi connectivity index (χ0) is 20.8. The first-order valence-electron chi connectivity index (χ1n) is 6.59. The lowest BCUT2D eigenvalue weighted by Crippen LogP contribution is -2.52. The highest BCUT2D eigenvalue weighted by atomic mass is 16.6. The molecule has 14 heteroatoms. The van der Waals surface area contributed by atoms with Crippen molar-refractivity contribution in [1.29, 1.82) is 0 Å². The first kappa shape index (κ1) is 23.2. The van der Waals surface area contributed by atoms with E-state index in [-0.39, 0.29) is 0 Å². The van der Waals surface area contributed by atoms with Gasteiger partial charge in [0.05, 0.1) is 12.8 Å². The van der Waals surface area contributed by atoms with Gasteiger partial charge in [0, 0.05) is 0 Å². The highest BCUT2D eigenvalue weighted by Gasteiger charge is 2.45. The Morgan fingerprint density at radius 2 is 1.31 bits per heavy atom. The van der Waals surface area contributed by atoms with Crippen LogP contribution >= 0.6 is 0 Å². The van der Waals surface area contributed by atoms with Gasteiger partial charge in [-0.25, -0.2) is 14.4 Å². The fourth-order valence-electron chi connectivity index (χ4n) is 1.66. The van der Waals surface area contributed by atoms with Crippen LogP contribution in [0.3, 0.4) is 0 Å². The molecule has 148 valence electrons. The lowest BCUT2D eigenvalue weighted by molar-refractivity contribution is -0.189. The largest absolute Gasteiger partial charge is 0.481 e. The number of aliphatic carboxylic acids is 4. The van der Waals surface area contributed by atoms with E-state index in [4.69, 9.17) is 25.5 Å². The maximum absolute atomic E-state index is 11.6. The number of hydrogen-bond donors (Lipinski definition) is 8. The van der Waals surface area contributed by atoms with Gasteiger partial charge in [-0.1, -0.05) is 0 Å². The van der Waals surface area contributed by atoms with Gasteiger partial charge in [-0.15, -0.1) is 0 Å². The second-order valence-electron chi connectivity index (χ2n) is 5.10. The minimum absolute atomic E-state index is 1.45. The van der Waals surface area contributed by atoms with Crippen molar-refractivity contribution in [2.75, 3.05) is 0 Å². The zero-order valence-corrected chi connectivity index (χ0v) is 12.8. The summed E-state index contributed by atoms with van der Waals surface area (Å²) in [6.07, 6.45) is -13.6. The number of esters is 1. The van der Waals surface area contributed by atoms with E-state index in [1.165, 1.54) is 0 Å². The molecule has 0 spiro atoms. The third kappa shape index (κ3) is 6.25. The lowest BCUT2D eigenvalue weighted by atomic mass is 9.95. The molecule has 0 bridgehead atoms. The van der Waals surface area contributed by atoms with Gasteiger partial charge in [0.1, 0.15) is 12.2 Å². The molecule has 0 aliphatic heterocycles. The van der Waals surface area contributed by atoms with Crippen molar-refractivity contribution in [3.63, 3.8) is 0 Å². The molecule has 0 amide bonds. The Labute approximate surface area is 143 Å². The van der Waals surface area contributed by atoms with Crippen molar-refractivity contribution in [3.05, 3.63) is 0 Å². The van der Waals surface area contributed by atoms with Crippen LogP contribution in [0.4, 0.5) is 0 Å². The SMILES string of the molecule is O=C(O)CC(O)(CC(=O)O[C@@H](C(=O)O)[C@@H](O)[C@H](O)[C@H](O)C(=O)O)C(=O)O. The van der Waals surface area contributed by atoms with E-state index in [0.29, 0.717) is 0 Å². The summed E-state index contributed by atoms with van der Waals surface area (Å²) in [6.45, 7) is 0. The standard InChI is InChI=1S/C12H16O14/c13-3(14)1-12(25,11(23)24)2-4(15)26-8(10(21)22)6(17)5(16)7(18)9(19)20/h5-8,16-18,25H,1-2H2,(H,13,14)(H,19,20)(H,21,22)(H,23,24)/t5-,6-,7-,8+,12?/m0/s1. The molecule has 0 saturated heterocycles. The molecule has 0 fully saturated rings. The number of carboxylic acids is 4. The van der Waals surface area contributed by atoms with Gasteiger partial charge in [-0.2, -0.15) is 0 Å². The molecule has 0 aromatic rings. The summed E-state index contributed by atoms with van der Waals surface area (Å²) >= 11 is 0. The Morgan fingerprint density at radius 3 is 1.65 bits per heavy atom. The molecular formula is C12H16O14. The van der Waals surface area contributed by atoms with Crippen LogP contribution in [0.1, 0.15) is 12.8 Å². The number of ether oxygens (including phenoxy) is 1. The van der Waals surface area contributed by atoms with Crippen molar-refractivity contribution in [1.82, 2.24) is 0 Å².